The summed E-state index contributed by atoms with van der Waals surface area (Å²) in [5.41, 5.74) is 0.479. The number of sulfone groups is 1. The van der Waals surface area contributed by atoms with Crippen LogP contribution in [0.1, 0.15) is 40.9 Å². The van der Waals surface area contributed by atoms with Crippen LogP contribution in [0.5, 0.6) is 0 Å². The first kappa shape index (κ1) is 16.2. The van der Waals surface area contributed by atoms with Crippen LogP contribution in [0.3, 0.4) is 0 Å². The molecule has 2 aromatic rings. The molecule has 6 heteroatoms. The van der Waals surface area contributed by atoms with Gasteiger partial charge in [-0.3, -0.25) is 4.79 Å². The molecule has 3 rings (SSSR count). The molecular weight excluding hydrogens is 330 g/mol. The van der Waals surface area contributed by atoms with Crippen LogP contribution in [0.25, 0.3) is 0 Å². The van der Waals surface area contributed by atoms with Crippen molar-refractivity contribution in [2.24, 2.45) is 0 Å². The largest absolute Gasteiger partial charge is 0.347 e. The van der Waals surface area contributed by atoms with Gasteiger partial charge in [-0.05, 0) is 48.6 Å². The van der Waals surface area contributed by atoms with Crippen molar-refractivity contribution < 1.29 is 13.2 Å². The molecule has 1 fully saturated rings. The lowest BCUT2D eigenvalue weighted by Crippen LogP contribution is -2.22. The molecule has 1 amide bonds. The fourth-order valence-electron chi connectivity index (χ4n) is 2.87. The molecule has 0 unspecified atom stereocenters. The first-order valence-corrected chi connectivity index (χ1v) is 10.1. The topological polar surface area (TPSA) is 63.2 Å². The summed E-state index contributed by atoms with van der Waals surface area (Å²) in [6.45, 7) is 0.485. The zero-order valence-electron chi connectivity index (χ0n) is 12.7. The molecule has 0 bridgehead atoms. The van der Waals surface area contributed by atoms with E-state index in [1.54, 1.807) is 35.6 Å². The van der Waals surface area contributed by atoms with Crippen molar-refractivity contribution in [3.05, 3.63) is 52.2 Å². The highest BCUT2D eigenvalue weighted by atomic mass is 32.2. The molecule has 1 N–H and O–H groups in total. The van der Waals surface area contributed by atoms with Crippen LogP contribution >= 0.6 is 11.3 Å². The average Bonchev–Trinajstić information content (AvgIpc) is 3.26. The SMILES string of the molecule is O=C(NCc1cccs1)c1ccc(S(=O)(=O)C2CCCC2)cc1. The van der Waals surface area contributed by atoms with E-state index < -0.39 is 9.84 Å². The Bertz CT molecular complexity index is 759. The minimum Gasteiger partial charge on any atom is -0.347 e. The van der Waals surface area contributed by atoms with E-state index in [4.69, 9.17) is 0 Å². The first-order chi connectivity index (χ1) is 11.1. The second-order valence-corrected chi connectivity index (χ2v) is 9.00. The summed E-state index contributed by atoms with van der Waals surface area (Å²) in [5, 5.41) is 4.54. The predicted octanol–water partition coefficient (Wildman–Crippen LogP) is 3.39. The predicted molar refractivity (Wildman–Crippen MR) is 91.4 cm³/mol. The fraction of sp³-hybridized carbons (Fsp3) is 0.353. The van der Waals surface area contributed by atoms with E-state index in [0.29, 0.717) is 17.0 Å². The van der Waals surface area contributed by atoms with Gasteiger partial charge in [0, 0.05) is 10.4 Å². The summed E-state index contributed by atoms with van der Waals surface area (Å²) in [7, 11) is -3.26. The van der Waals surface area contributed by atoms with Gasteiger partial charge in [0.05, 0.1) is 16.7 Å². The third-order valence-electron chi connectivity index (χ3n) is 4.19. The lowest BCUT2D eigenvalue weighted by Gasteiger charge is -2.11. The van der Waals surface area contributed by atoms with Crippen molar-refractivity contribution in [2.75, 3.05) is 0 Å². The number of rotatable bonds is 5. The molecule has 1 aliphatic rings. The van der Waals surface area contributed by atoms with Gasteiger partial charge in [-0.2, -0.15) is 0 Å². The molecule has 23 heavy (non-hydrogen) atoms. The lowest BCUT2D eigenvalue weighted by atomic mass is 10.2. The highest BCUT2D eigenvalue weighted by Crippen LogP contribution is 2.29. The van der Waals surface area contributed by atoms with Crippen LogP contribution in [-0.2, 0) is 16.4 Å². The van der Waals surface area contributed by atoms with Crippen molar-refractivity contribution in [1.29, 1.82) is 0 Å². The summed E-state index contributed by atoms with van der Waals surface area (Å²) in [6, 6.07) is 10.2. The lowest BCUT2D eigenvalue weighted by molar-refractivity contribution is 0.0951. The van der Waals surface area contributed by atoms with E-state index in [-0.39, 0.29) is 11.2 Å². The summed E-state index contributed by atoms with van der Waals surface area (Å²) < 4.78 is 25.0. The van der Waals surface area contributed by atoms with Crippen LogP contribution in [0.15, 0.2) is 46.7 Å². The Labute approximate surface area is 140 Å². The van der Waals surface area contributed by atoms with Gasteiger partial charge >= 0.3 is 0 Å². The van der Waals surface area contributed by atoms with Crippen LogP contribution in [0.4, 0.5) is 0 Å². The van der Waals surface area contributed by atoms with Gasteiger partial charge < -0.3 is 5.32 Å². The Hall–Kier alpha value is -1.66. The zero-order valence-corrected chi connectivity index (χ0v) is 14.3. The Balaban J connectivity index is 1.67. The van der Waals surface area contributed by atoms with E-state index in [1.807, 2.05) is 17.5 Å². The molecule has 0 radical (unpaired) electrons. The fourth-order valence-corrected chi connectivity index (χ4v) is 5.37. The van der Waals surface area contributed by atoms with Crippen LogP contribution in [0, 0.1) is 0 Å². The van der Waals surface area contributed by atoms with Crippen LogP contribution in [0.2, 0.25) is 0 Å². The van der Waals surface area contributed by atoms with Crippen LogP contribution < -0.4 is 5.32 Å². The quantitative estimate of drug-likeness (QED) is 0.900. The molecule has 0 saturated heterocycles. The Morgan fingerprint density at radius 3 is 2.43 bits per heavy atom. The van der Waals surface area contributed by atoms with E-state index in [9.17, 15) is 13.2 Å². The number of thiophene rings is 1. The van der Waals surface area contributed by atoms with Gasteiger partial charge in [0.2, 0.25) is 0 Å². The number of hydrogen-bond donors (Lipinski definition) is 1. The normalized spacial score (nSPS) is 15.7. The van der Waals surface area contributed by atoms with Gasteiger partial charge in [-0.15, -0.1) is 11.3 Å². The van der Waals surface area contributed by atoms with Gasteiger partial charge in [-0.1, -0.05) is 18.9 Å². The standard InChI is InChI=1S/C17H19NO3S2/c19-17(18-12-14-4-3-11-22-14)13-7-9-16(10-8-13)23(20,21)15-5-1-2-6-15/h3-4,7-11,15H,1-2,5-6,12H2,(H,18,19). The molecule has 1 aromatic carbocycles. The highest BCUT2D eigenvalue weighted by Gasteiger charge is 2.30. The summed E-state index contributed by atoms with van der Waals surface area (Å²) in [6.07, 6.45) is 3.44. The molecular formula is C17H19NO3S2. The molecule has 0 spiro atoms. The highest BCUT2D eigenvalue weighted by molar-refractivity contribution is 7.92. The smallest absolute Gasteiger partial charge is 0.251 e. The van der Waals surface area contributed by atoms with Crippen LogP contribution in [-0.4, -0.2) is 19.6 Å². The van der Waals surface area contributed by atoms with E-state index >= 15 is 0 Å². The van der Waals surface area contributed by atoms with E-state index in [1.165, 1.54) is 0 Å². The molecule has 1 saturated carbocycles. The van der Waals surface area contributed by atoms with Crippen molar-refractivity contribution in [3.8, 4) is 0 Å². The van der Waals surface area contributed by atoms with E-state index in [0.717, 1.165) is 30.6 Å². The molecule has 4 nitrogen and oxygen atoms in total. The summed E-state index contributed by atoms with van der Waals surface area (Å²) >= 11 is 1.59. The third-order valence-corrected chi connectivity index (χ3v) is 7.34. The van der Waals surface area contributed by atoms with Crippen molar-refractivity contribution in [3.63, 3.8) is 0 Å². The van der Waals surface area contributed by atoms with Crippen molar-refractivity contribution in [2.45, 2.75) is 42.4 Å². The minimum atomic E-state index is -3.26. The van der Waals surface area contributed by atoms with Crippen molar-refractivity contribution >= 4 is 27.1 Å². The first-order valence-electron chi connectivity index (χ1n) is 7.72. The second kappa shape index (κ2) is 6.84. The number of amides is 1. The summed E-state index contributed by atoms with van der Waals surface area (Å²) in [5.74, 6) is -0.191. The average molecular weight is 349 g/mol. The van der Waals surface area contributed by atoms with E-state index in [2.05, 4.69) is 5.32 Å². The maximum atomic E-state index is 12.5. The molecule has 1 aliphatic carbocycles. The monoisotopic (exact) mass is 349 g/mol. The molecule has 1 heterocycles. The molecule has 0 atom stereocenters. The van der Waals surface area contributed by atoms with Gasteiger partial charge in [0.15, 0.2) is 9.84 Å². The van der Waals surface area contributed by atoms with Gasteiger partial charge in [0.25, 0.3) is 5.91 Å². The Morgan fingerprint density at radius 2 is 1.83 bits per heavy atom. The number of nitrogens with one attached hydrogen (secondary N) is 1. The number of carbonyl (C=O) groups excluding carboxylic acids is 1. The third kappa shape index (κ3) is 3.64. The number of carbonyl (C=O) groups is 1. The van der Waals surface area contributed by atoms with Crippen molar-refractivity contribution in [1.82, 2.24) is 5.32 Å². The second-order valence-electron chi connectivity index (χ2n) is 5.74. The maximum Gasteiger partial charge on any atom is 0.251 e. The zero-order chi connectivity index (χ0) is 16.3. The molecule has 122 valence electrons. The van der Waals surface area contributed by atoms with Gasteiger partial charge in [-0.25, -0.2) is 8.42 Å². The summed E-state index contributed by atoms with van der Waals surface area (Å²) in [4.78, 5) is 13.5. The molecule has 1 aromatic heterocycles. The molecule has 0 aliphatic heterocycles. The number of benzene rings is 1. The maximum absolute atomic E-state index is 12.5. The Kier molecular flexibility index (Phi) is 4.82. The Morgan fingerprint density at radius 1 is 1.13 bits per heavy atom. The number of hydrogen-bond acceptors (Lipinski definition) is 4. The minimum absolute atomic E-state index is 0.191. The van der Waals surface area contributed by atoms with Gasteiger partial charge in [0.1, 0.15) is 0 Å².